The van der Waals surface area contributed by atoms with Crippen molar-refractivity contribution in [1.82, 2.24) is 5.32 Å². The number of aliphatic carboxylic acids is 1. The molecule has 0 aromatic carbocycles. The summed E-state index contributed by atoms with van der Waals surface area (Å²) in [5, 5.41) is 19.7. The van der Waals surface area contributed by atoms with Crippen LogP contribution in [0.3, 0.4) is 0 Å². The first-order valence-corrected chi connectivity index (χ1v) is 9.44. The molecule has 2 unspecified atom stereocenters. The van der Waals surface area contributed by atoms with Crippen molar-refractivity contribution in [3.63, 3.8) is 0 Å². The zero-order chi connectivity index (χ0) is 18.1. The van der Waals surface area contributed by atoms with Crippen LogP contribution in [-0.4, -0.2) is 64.2 Å². The smallest absolute Gasteiger partial charge is 0.478 e. The van der Waals surface area contributed by atoms with E-state index in [9.17, 15) is 4.79 Å². The van der Waals surface area contributed by atoms with Crippen LogP contribution >= 0.6 is 0 Å². The number of hydrogen-bond acceptors (Lipinski definition) is 6. The summed E-state index contributed by atoms with van der Waals surface area (Å²) >= 11 is 0. The van der Waals surface area contributed by atoms with Crippen LogP contribution in [0.5, 0.6) is 0 Å². The summed E-state index contributed by atoms with van der Waals surface area (Å²) in [7, 11) is -1.73. The van der Waals surface area contributed by atoms with Gasteiger partial charge in [-0.3, -0.25) is 0 Å². The minimum Gasteiger partial charge on any atom is -0.478 e. The molecular weight excluding hydrogens is 318 g/mol. The average molecular weight is 352 g/mol. The van der Waals surface area contributed by atoms with E-state index in [0.29, 0.717) is 25.9 Å². The first-order chi connectivity index (χ1) is 10.9. The van der Waals surface area contributed by atoms with Crippen LogP contribution < -0.4 is 5.32 Å². The third-order valence-corrected chi connectivity index (χ3v) is 4.45. The lowest BCUT2D eigenvalue weighted by Gasteiger charge is -2.28. The molecule has 1 aliphatic heterocycles. The SMILES string of the molecule is C=CC(=O)O.CC(O)CC1CCN1.CCO[SiH](OCC)OCC. The van der Waals surface area contributed by atoms with Crippen LogP contribution in [0, 0.1) is 0 Å². The molecule has 1 saturated heterocycles. The fraction of sp³-hybridized carbons (Fsp3) is 0.800. The Morgan fingerprint density at radius 3 is 1.83 bits per heavy atom. The topological polar surface area (TPSA) is 97.3 Å². The molecule has 138 valence electrons. The van der Waals surface area contributed by atoms with Gasteiger partial charge in [-0.2, -0.15) is 0 Å². The zero-order valence-corrected chi connectivity index (χ0v) is 15.9. The van der Waals surface area contributed by atoms with Gasteiger partial charge >= 0.3 is 15.5 Å². The van der Waals surface area contributed by atoms with E-state index in [0.717, 1.165) is 19.0 Å². The lowest BCUT2D eigenvalue weighted by molar-refractivity contribution is -0.131. The number of carboxylic acids is 1. The van der Waals surface area contributed by atoms with Gasteiger partial charge in [0.1, 0.15) is 0 Å². The van der Waals surface area contributed by atoms with Crippen molar-refractivity contribution in [2.45, 2.75) is 52.7 Å². The number of rotatable bonds is 9. The van der Waals surface area contributed by atoms with Crippen LogP contribution in [-0.2, 0) is 18.1 Å². The largest absolute Gasteiger partial charge is 0.484 e. The highest BCUT2D eigenvalue weighted by Crippen LogP contribution is 2.08. The van der Waals surface area contributed by atoms with Gasteiger partial charge in [-0.25, -0.2) is 4.79 Å². The highest BCUT2D eigenvalue weighted by molar-refractivity contribution is 6.36. The van der Waals surface area contributed by atoms with Crippen molar-refractivity contribution in [3.05, 3.63) is 12.7 Å². The molecule has 1 heterocycles. The standard InChI is InChI=1S/C6H13NO.C6H16O3Si.C3H4O2/c1-5(8)4-6-2-3-7-6;1-4-7-10(8-5-2)9-6-3;1-2-3(4)5/h5-8H,2-4H2,1H3;10H,4-6H2,1-3H3;2H,1H2,(H,4,5). The van der Waals surface area contributed by atoms with Gasteiger partial charge in [0.15, 0.2) is 0 Å². The van der Waals surface area contributed by atoms with Gasteiger partial charge in [-0.15, -0.1) is 0 Å². The van der Waals surface area contributed by atoms with E-state index in [1.807, 2.05) is 27.7 Å². The molecule has 7 nitrogen and oxygen atoms in total. The fourth-order valence-corrected chi connectivity index (χ4v) is 2.62. The Labute approximate surface area is 141 Å². The number of aliphatic hydroxyl groups is 1. The monoisotopic (exact) mass is 351 g/mol. The van der Waals surface area contributed by atoms with Crippen molar-refractivity contribution < 1.29 is 28.3 Å². The van der Waals surface area contributed by atoms with E-state index in [-0.39, 0.29) is 6.10 Å². The lowest BCUT2D eigenvalue weighted by Crippen LogP contribution is -2.44. The highest BCUT2D eigenvalue weighted by Gasteiger charge is 2.17. The van der Waals surface area contributed by atoms with Gasteiger partial charge in [0, 0.05) is 31.9 Å². The molecule has 0 saturated carbocycles. The van der Waals surface area contributed by atoms with Gasteiger partial charge in [-0.05, 0) is 47.1 Å². The van der Waals surface area contributed by atoms with Crippen molar-refractivity contribution in [2.75, 3.05) is 26.4 Å². The molecule has 1 rings (SSSR count). The van der Waals surface area contributed by atoms with E-state index in [2.05, 4.69) is 11.9 Å². The molecule has 3 N–H and O–H groups in total. The van der Waals surface area contributed by atoms with Crippen LogP contribution in [0.2, 0.25) is 0 Å². The fourth-order valence-electron chi connectivity index (χ4n) is 1.51. The summed E-state index contributed by atoms with van der Waals surface area (Å²) in [6.07, 6.45) is 2.86. The van der Waals surface area contributed by atoms with Crippen molar-refractivity contribution in [3.8, 4) is 0 Å². The maximum absolute atomic E-state index is 9.25. The molecule has 0 bridgehead atoms. The molecule has 0 spiro atoms. The third kappa shape index (κ3) is 19.2. The number of aliphatic hydroxyl groups excluding tert-OH is 1. The molecule has 0 radical (unpaired) electrons. The number of carbonyl (C=O) groups is 1. The van der Waals surface area contributed by atoms with Gasteiger partial charge in [-0.1, -0.05) is 6.58 Å². The first kappa shape index (κ1) is 24.5. The molecule has 0 amide bonds. The molecular formula is C15H33NO6Si. The minimum absolute atomic E-state index is 0.132. The van der Waals surface area contributed by atoms with E-state index < -0.39 is 15.5 Å². The van der Waals surface area contributed by atoms with E-state index in [1.54, 1.807) is 0 Å². The summed E-state index contributed by atoms with van der Waals surface area (Å²) in [4.78, 5) is 9.25. The van der Waals surface area contributed by atoms with Crippen molar-refractivity contribution in [1.29, 1.82) is 0 Å². The van der Waals surface area contributed by atoms with Crippen LogP contribution in [0.25, 0.3) is 0 Å². The molecule has 1 aliphatic rings. The molecule has 8 heteroatoms. The Morgan fingerprint density at radius 2 is 1.70 bits per heavy atom. The Hall–Kier alpha value is -0.773. The Balaban J connectivity index is 0. The second kappa shape index (κ2) is 17.6. The van der Waals surface area contributed by atoms with E-state index in [1.165, 1.54) is 6.42 Å². The number of carboxylic acid groups (broad SMARTS) is 1. The molecule has 0 aromatic heterocycles. The normalized spacial score (nSPS) is 17.0. The van der Waals surface area contributed by atoms with Crippen LogP contribution in [0.1, 0.15) is 40.5 Å². The lowest BCUT2D eigenvalue weighted by atomic mass is 10.0. The molecule has 2 atom stereocenters. The van der Waals surface area contributed by atoms with Crippen LogP contribution in [0.15, 0.2) is 12.7 Å². The average Bonchev–Trinajstić information content (AvgIpc) is 2.45. The number of hydrogen-bond donors (Lipinski definition) is 3. The molecule has 0 aromatic rings. The summed E-state index contributed by atoms with van der Waals surface area (Å²) < 4.78 is 15.7. The third-order valence-electron chi connectivity index (χ3n) is 2.63. The molecule has 1 fully saturated rings. The minimum atomic E-state index is -1.73. The second-order valence-electron chi connectivity index (χ2n) is 4.72. The van der Waals surface area contributed by atoms with Crippen LogP contribution in [0.4, 0.5) is 0 Å². The first-order valence-electron chi connectivity index (χ1n) is 8.02. The van der Waals surface area contributed by atoms with Crippen molar-refractivity contribution >= 4 is 15.5 Å². The summed E-state index contributed by atoms with van der Waals surface area (Å²) in [6.45, 7) is 13.8. The Kier molecular flexibility index (Phi) is 18.7. The predicted molar refractivity (Wildman–Crippen MR) is 92.6 cm³/mol. The van der Waals surface area contributed by atoms with E-state index >= 15 is 0 Å². The van der Waals surface area contributed by atoms with Gasteiger partial charge < -0.3 is 28.8 Å². The second-order valence-corrected chi connectivity index (χ2v) is 6.30. The molecule has 0 aliphatic carbocycles. The van der Waals surface area contributed by atoms with E-state index in [4.69, 9.17) is 23.5 Å². The van der Waals surface area contributed by atoms with Gasteiger partial charge in [0.05, 0.1) is 6.10 Å². The summed E-state index contributed by atoms with van der Waals surface area (Å²) in [6, 6.07) is 0.606. The quantitative estimate of drug-likeness (QED) is 0.424. The zero-order valence-electron chi connectivity index (χ0n) is 14.8. The predicted octanol–water partition coefficient (Wildman–Crippen LogP) is 1.19. The Morgan fingerprint density at radius 1 is 1.30 bits per heavy atom. The van der Waals surface area contributed by atoms with Gasteiger partial charge in [0.2, 0.25) is 0 Å². The molecule has 23 heavy (non-hydrogen) atoms. The maximum atomic E-state index is 9.25. The summed E-state index contributed by atoms with van der Waals surface area (Å²) in [5.41, 5.74) is 0. The highest BCUT2D eigenvalue weighted by atomic mass is 28.3. The maximum Gasteiger partial charge on any atom is 0.484 e. The Bertz CT molecular complexity index is 273. The number of nitrogens with one attached hydrogen (secondary N) is 1. The summed E-state index contributed by atoms with van der Waals surface area (Å²) in [5.74, 6) is -0.981. The van der Waals surface area contributed by atoms with Crippen molar-refractivity contribution in [2.24, 2.45) is 0 Å². The van der Waals surface area contributed by atoms with Gasteiger partial charge in [0.25, 0.3) is 0 Å².